The molecular weight excluding hydrogens is 209 g/mol. The van der Waals surface area contributed by atoms with E-state index in [0.29, 0.717) is 11.6 Å². The van der Waals surface area contributed by atoms with Gasteiger partial charge in [-0.3, -0.25) is 9.63 Å². The quantitative estimate of drug-likeness (QED) is 0.788. The number of benzene rings is 1. The van der Waals surface area contributed by atoms with Crippen molar-refractivity contribution in [3.63, 3.8) is 0 Å². The molecule has 0 radical (unpaired) electrons. The third-order valence-electron chi connectivity index (χ3n) is 1.48. The maximum atomic E-state index is 13.1. The molecule has 0 spiro atoms. The van der Waals surface area contributed by atoms with Gasteiger partial charge in [0.05, 0.1) is 12.2 Å². The van der Waals surface area contributed by atoms with Crippen molar-refractivity contribution >= 4 is 17.5 Å². The highest BCUT2D eigenvalue weighted by atomic mass is 35.5. The van der Waals surface area contributed by atoms with E-state index >= 15 is 0 Å². The van der Waals surface area contributed by atoms with E-state index in [1.165, 1.54) is 12.1 Å². The number of carbonyl (C=O) groups excluding carboxylic acids is 1. The fourth-order valence-electron chi connectivity index (χ4n) is 0.864. The lowest BCUT2D eigenvalue weighted by molar-refractivity contribution is 0.0361. The maximum Gasteiger partial charge on any atom is 0.277 e. The highest BCUT2D eigenvalue weighted by molar-refractivity contribution is 6.30. The van der Waals surface area contributed by atoms with Crippen LogP contribution in [0.15, 0.2) is 18.2 Å². The van der Waals surface area contributed by atoms with Crippen LogP contribution >= 0.6 is 11.6 Å². The molecule has 0 atom stereocenters. The molecule has 1 N–H and O–H groups in total. The van der Waals surface area contributed by atoms with Crippen LogP contribution in [0.25, 0.3) is 0 Å². The van der Waals surface area contributed by atoms with Gasteiger partial charge in [-0.15, -0.1) is 0 Å². The lowest BCUT2D eigenvalue weighted by Crippen LogP contribution is -2.24. The van der Waals surface area contributed by atoms with Gasteiger partial charge in [0.1, 0.15) is 5.82 Å². The zero-order valence-corrected chi connectivity index (χ0v) is 8.27. The van der Waals surface area contributed by atoms with Gasteiger partial charge in [-0.1, -0.05) is 11.6 Å². The number of amides is 1. The molecular formula is C9H9ClFNO2. The lowest BCUT2D eigenvalue weighted by Gasteiger charge is -2.04. The molecule has 14 heavy (non-hydrogen) atoms. The van der Waals surface area contributed by atoms with Crippen molar-refractivity contribution in [2.24, 2.45) is 0 Å². The monoisotopic (exact) mass is 217 g/mol. The van der Waals surface area contributed by atoms with Crippen molar-refractivity contribution in [2.45, 2.75) is 6.92 Å². The molecule has 0 aliphatic heterocycles. The molecule has 0 aliphatic rings. The van der Waals surface area contributed by atoms with E-state index in [1.54, 1.807) is 6.92 Å². The molecule has 1 aromatic carbocycles. The molecule has 0 saturated heterocycles. The van der Waals surface area contributed by atoms with E-state index in [0.717, 1.165) is 6.07 Å². The largest absolute Gasteiger partial charge is 0.277 e. The van der Waals surface area contributed by atoms with Crippen LogP contribution < -0.4 is 5.48 Å². The number of carbonyl (C=O) groups is 1. The van der Waals surface area contributed by atoms with Gasteiger partial charge < -0.3 is 0 Å². The number of nitrogens with one attached hydrogen (secondary N) is 1. The summed E-state index contributed by atoms with van der Waals surface area (Å²) < 4.78 is 13.1. The second-order valence-corrected chi connectivity index (χ2v) is 2.92. The van der Waals surface area contributed by atoms with E-state index in [1.807, 2.05) is 0 Å². The van der Waals surface area contributed by atoms with E-state index in [4.69, 9.17) is 11.6 Å². The van der Waals surface area contributed by atoms with Gasteiger partial charge in [-0.05, 0) is 25.1 Å². The third kappa shape index (κ3) is 2.68. The minimum atomic E-state index is -0.646. The Morgan fingerprint density at radius 1 is 1.64 bits per heavy atom. The number of hydrogen-bond acceptors (Lipinski definition) is 2. The third-order valence-corrected chi connectivity index (χ3v) is 1.72. The van der Waals surface area contributed by atoms with Crippen molar-refractivity contribution in [1.29, 1.82) is 0 Å². The molecule has 0 aliphatic carbocycles. The fourth-order valence-corrected chi connectivity index (χ4v) is 1.04. The van der Waals surface area contributed by atoms with Gasteiger partial charge in [-0.25, -0.2) is 9.87 Å². The van der Waals surface area contributed by atoms with Crippen molar-refractivity contribution < 1.29 is 14.0 Å². The van der Waals surface area contributed by atoms with Gasteiger partial charge in [0.2, 0.25) is 0 Å². The second kappa shape index (κ2) is 4.93. The van der Waals surface area contributed by atoms with Gasteiger partial charge in [-0.2, -0.15) is 0 Å². The first-order chi connectivity index (χ1) is 6.65. The predicted octanol–water partition coefficient (Wildman–Crippen LogP) is 2.16. The zero-order valence-electron chi connectivity index (χ0n) is 7.51. The lowest BCUT2D eigenvalue weighted by atomic mass is 10.2. The summed E-state index contributed by atoms with van der Waals surface area (Å²) in [5.41, 5.74) is 1.95. The van der Waals surface area contributed by atoms with Crippen LogP contribution in [0, 0.1) is 5.82 Å². The Kier molecular flexibility index (Phi) is 3.85. The number of hydroxylamine groups is 1. The Morgan fingerprint density at radius 2 is 2.36 bits per heavy atom. The molecule has 0 unspecified atom stereocenters. The SMILES string of the molecule is CCONC(=O)c1cc(Cl)ccc1F. The second-order valence-electron chi connectivity index (χ2n) is 2.49. The Hall–Kier alpha value is -1.13. The summed E-state index contributed by atoms with van der Waals surface area (Å²) in [6.45, 7) is 2.02. The van der Waals surface area contributed by atoms with Crippen molar-refractivity contribution in [3.8, 4) is 0 Å². The molecule has 1 rings (SSSR count). The first-order valence-corrected chi connectivity index (χ1v) is 4.40. The van der Waals surface area contributed by atoms with Crippen LogP contribution in [-0.4, -0.2) is 12.5 Å². The molecule has 0 saturated carbocycles. The fraction of sp³-hybridized carbons (Fsp3) is 0.222. The highest BCUT2D eigenvalue weighted by Crippen LogP contribution is 2.14. The van der Waals surface area contributed by atoms with Crippen LogP contribution in [0.3, 0.4) is 0 Å². The van der Waals surface area contributed by atoms with E-state index in [2.05, 4.69) is 10.3 Å². The normalized spacial score (nSPS) is 9.93. The van der Waals surface area contributed by atoms with Crippen LogP contribution in [-0.2, 0) is 4.84 Å². The molecule has 0 heterocycles. The molecule has 0 aromatic heterocycles. The van der Waals surface area contributed by atoms with Gasteiger partial charge >= 0.3 is 0 Å². The smallest absolute Gasteiger partial charge is 0.274 e. The molecule has 5 heteroatoms. The number of rotatable bonds is 3. The number of hydrogen-bond donors (Lipinski definition) is 1. The average Bonchev–Trinajstić information content (AvgIpc) is 2.18. The Labute approximate surface area is 85.8 Å². The average molecular weight is 218 g/mol. The van der Waals surface area contributed by atoms with Crippen LogP contribution in [0.2, 0.25) is 5.02 Å². The van der Waals surface area contributed by atoms with Gasteiger partial charge in [0.15, 0.2) is 0 Å². The van der Waals surface area contributed by atoms with Crippen LogP contribution in [0.1, 0.15) is 17.3 Å². The molecule has 1 amide bonds. The summed E-state index contributed by atoms with van der Waals surface area (Å²) >= 11 is 5.61. The summed E-state index contributed by atoms with van der Waals surface area (Å²) in [5.74, 6) is -1.28. The van der Waals surface area contributed by atoms with Crippen molar-refractivity contribution in [1.82, 2.24) is 5.48 Å². The Bertz CT molecular complexity index is 344. The van der Waals surface area contributed by atoms with Crippen molar-refractivity contribution in [2.75, 3.05) is 6.61 Å². The maximum absolute atomic E-state index is 13.1. The highest BCUT2D eigenvalue weighted by Gasteiger charge is 2.11. The molecule has 0 fully saturated rings. The minimum absolute atomic E-state index is 0.133. The van der Waals surface area contributed by atoms with Crippen LogP contribution in [0.4, 0.5) is 4.39 Å². The first kappa shape index (κ1) is 10.9. The summed E-state index contributed by atoms with van der Waals surface area (Å²) in [4.78, 5) is 15.9. The van der Waals surface area contributed by atoms with Crippen molar-refractivity contribution in [3.05, 3.63) is 34.6 Å². The van der Waals surface area contributed by atoms with Gasteiger partial charge in [0, 0.05) is 5.02 Å². The number of halogens is 2. The minimum Gasteiger partial charge on any atom is -0.274 e. The summed E-state index contributed by atoms with van der Waals surface area (Å²) in [6.07, 6.45) is 0. The topological polar surface area (TPSA) is 38.3 Å². The van der Waals surface area contributed by atoms with Gasteiger partial charge in [0.25, 0.3) is 5.91 Å². The zero-order chi connectivity index (χ0) is 10.6. The summed E-state index contributed by atoms with van der Waals surface area (Å²) in [6, 6.07) is 3.74. The predicted molar refractivity (Wildman–Crippen MR) is 50.5 cm³/mol. The first-order valence-electron chi connectivity index (χ1n) is 4.02. The van der Waals surface area contributed by atoms with E-state index in [-0.39, 0.29) is 5.56 Å². The van der Waals surface area contributed by atoms with E-state index in [9.17, 15) is 9.18 Å². The Morgan fingerprint density at radius 3 is 3.00 bits per heavy atom. The molecule has 76 valence electrons. The summed E-state index contributed by atoms with van der Waals surface area (Å²) in [7, 11) is 0. The molecule has 3 nitrogen and oxygen atoms in total. The summed E-state index contributed by atoms with van der Waals surface area (Å²) in [5, 5.41) is 0.299. The molecule has 0 bridgehead atoms. The van der Waals surface area contributed by atoms with E-state index < -0.39 is 11.7 Å². The molecule has 1 aromatic rings. The Balaban J connectivity index is 2.83. The van der Waals surface area contributed by atoms with Crippen LogP contribution in [0.5, 0.6) is 0 Å². The standard InChI is InChI=1S/C9H9ClFNO2/c1-2-14-12-9(13)7-5-6(10)3-4-8(7)11/h3-5H,2H2,1H3,(H,12,13).